The molecule has 0 aliphatic heterocycles. The van der Waals surface area contributed by atoms with Crippen molar-refractivity contribution < 1.29 is 18.7 Å². The summed E-state index contributed by atoms with van der Waals surface area (Å²) in [7, 11) is 1.48. The average Bonchev–Trinajstić information content (AvgIpc) is 2.73. The molecule has 1 amide bonds. The van der Waals surface area contributed by atoms with Crippen molar-refractivity contribution in [2.75, 3.05) is 12.8 Å². The number of ether oxygens (including phenoxy) is 2. The first-order valence-electron chi connectivity index (χ1n) is 10.8. The molecule has 0 bridgehead atoms. The van der Waals surface area contributed by atoms with E-state index in [0.29, 0.717) is 11.3 Å². The zero-order valence-electron chi connectivity index (χ0n) is 20.0. The van der Waals surface area contributed by atoms with Gasteiger partial charge in [0.15, 0.2) is 0 Å². The van der Waals surface area contributed by atoms with Crippen LogP contribution >= 0.6 is 0 Å². The normalized spacial score (nSPS) is 11.2. The number of anilines is 1. The third kappa shape index (κ3) is 5.45. The average molecular weight is 451 g/mol. The maximum absolute atomic E-state index is 15.2. The van der Waals surface area contributed by atoms with Crippen LogP contribution in [-0.4, -0.2) is 18.8 Å². The SMILES string of the molecule is COc1cc(-c2cccc(-c3cccc(N)c3C)c2C)cc(F)c1CNC(=O)OC(C)(C)C. The molecule has 0 heterocycles. The number of nitrogen functional groups attached to an aromatic ring is 1. The molecule has 0 spiro atoms. The first kappa shape index (κ1) is 24.1. The van der Waals surface area contributed by atoms with Gasteiger partial charge in [0.05, 0.1) is 13.7 Å². The van der Waals surface area contributed by atoms with Gasteiger partial charge in [-0.05, 0) is 86.2 Å². The van der Waals surface area contributed by atoms with E-state index in [9.17, 15) is 4.79 Å². The van der Waals surface area contributed by atoms with E-state index in [1.165, 1.54) is 13.2 Å². The number of carbonyl (C=O) groups excluding carboxylic acids is 1. The number of hydrogen-bond donors (Lipinski definition) is 2. The summed E-state index contributed by atoms with van der Waals surface area (Å²) in [5.41, 5.74) is 12.1. The number of benzene rings is 3. The summed E-state index contributed by atoms with van der Waals surface area (Å²) in [4.78, 5) is 12.0. The molecular weight excluding hydrogens is 419 g/mol. The second-order valence-electron chi connectivity index (χ2n) is 8.99. The van der Waals surface area contributed by atoms with E-state index in [4.69, 9.17) is 15.2 Å². The number of methoxy groups -OCH3 is 1. The smallest absolute Gasteiger partial charge is 0.407 e. The van der Waals surface area contributed by atoms with E-state index in [-0.39, 0.29) is 12.1 Å². The molecule has 0 fully saturated rings. The molecule has 0 saturated heterocycles. The summed E-state index contributed by atoms with van der Waals surface area (Å²) in [5, 5.41) is 2.59. The van der Waals surface area contributed by atoms with Gasteiger partial charge in [0.1, 0.15) is 17.2 Å². The molecule has 3 N–H and O–H groups in total. The van der Waals surface area contributed by atoms with Crippen LogP contribution in [0.1, 0.15) is 37.5 Å². The van der Waals surface area contributed by atoms with Crippen molar-refractivity contribution in [2.24, 2.45) is 0 Å². The van der Waals surface area contributed by atoms with Crippen LogP contribution in [0.5, 0.6) is 5.75 Å². The van der Waals surface area contributed by atoms with Crippen molar-refractivity contribution in [3.05, 3.63) is 71.0 Å². The van der Waals surface area contributed by atoms with Gasteiger partial charge in [-0.15, -0.1) is 0 Å². The van der Waals surface area contributed by atoms with Crippen molar-refractivity contribution in [2.45, 2.75) is 46.8 Å². The topological polar surface area (TPSA) is 73.6 Å². The van der Waals surface area contributed by atoms with Crippen molar-refractivity contribution in [3.63, 3.8) is 0 Å². The fraction of sp³-hybridized carbons (Fsp3) is 0.296. The molecule has 3 aromatic rings. The maximum Gasteiger partial charge on any atom is 0.407 e. The fourth-order valence-electron chi connectivity index (χ4n) is 3.78. The molecule has 0 aliphatic rings. The molecule has 33 heavy (non-hydrogen) atoms. The van der Waals surface area contributed by atoms with E-state index in [1.54, 1.807) is 26.8 Å². The predicted molar refractivity (Wildman–Crippen MR) is 131 cm³/mol. The highest BCUT2D eigenvalue weighted by Gasteiger charge is 2.19. The van der Waals surface area contributed by atoms with Gasteiger partial charge in [-0.3, -0.25) is 0 Å². The van der Waals surface area contributed by atoms with Gasteiger partial charge in [-0.2, -0.15) is 0 Å². The molecule has 0 atom stereocenters. The van der Waals surface area contributed by atoms with Crippen LogP contribution in [0.15, 0.2) is 48.5 Å². The number of nitrogens with two attached hydrogens (primary N) is 1. The van der Waals surface area contributed by atoms with E-state index >= 15 is 4.39 Å². The third-order valence-corrected chi connectivity index (χ3v) is 5.49. The highest BCUT2D eigenvalue weighted by molar-refractivity contribution is 5.82. The first-order chi connectivity index (χ1) is 15.5. The number of alkyl carbamates (subject to hydrolysis) is 1. The van der Waals surface area contributed by atoms with Gasteiger partial charge >= 0.3 is 6.09 Å². The second kappa shape index (κ2) is 9.53. The minimum atomic E-state index is -0.638. The van der Waals surface area contributed by atoms with Crippen LogP contribution in [0.4, 0.5) is 14.9 Å². The van der Waals surface area contributed by atoms with Crippen molar-refractivity contribution >= 4 is 11.8 Å². The van der Waals surface area contributed by atoms with Gasteiger partial charge in [0.2, 0.25) is 0 Å². The molecular formula is C27H31FN2O3. The molecule has 6 heteroatoms. The lowest BCUT2D eigenvalue weighted by molar-refractivity contribution is 0.0523. The number of halogens is 1. The molecule has 3 rings (SSSR count). The maximum atomic E-state index is 15.2. The highest BCUT2D eigenvalue weighted by atomic mass is 19.1. The van der Waals surface area contributed by atoms with Crippen molar-refractivity contribution in [3.8, 4) is 28.0 Å². The molecule has 0 aromatic heterocycles. The Kier molecular flexibility index (Phi) is 6.96. The van der Waals surface area contributed by atoms with Crippen LogP contribution in [0, 0.1) is 19.7 Å². The van der Waals surface area contributed by atoms with Crippen LogP contribution in [0.2, 0.25) is 0 Å². The molecule has 0 aliphatic carbocycles. The van der Waals surface area contributed by atoms with E-state index in [2.05, 4.69) is 5.32 Å². The molecule has 0 unspecified atom stereocenters. The Morgan fingerprint density at radius 2 is 1.61 bits per heavy atom. The van der Waals surface area contributed by atoms with E-state index < -0.39 is 17.5 Å². The molecule has 3 aromatic carbocycles. The summed E-state index contributed by atoms with van der Waals surface area (Å²) >= 11 is 0. The summed E-state index contributed by atoms with van der Waals surface area (Å²) in [6.07, 6.45) is -0.617. The van der Waals surface area contributed by atoms with Gasteiger partial charge in [0.25, 0.3) is 0 Å². The van der Waals surface area contributed by atoms with E-state index in [1.807, 2.05) is 50.2 Å². The summed E-state index contributed by atoms with van der Waals surface area (Å²) in [6, 6.07) is 15.0. The summed E-state index contributed by atoms with van der Waals surface area (Å²) < 4.78 is 25.9. The monoisotopic (exact) mass is 450 g/mol. The molecule has 0 radical (unpaired) electrons. The second-order valence-corrected chi connectivity index (χ2v) is 8.99. The lowest BCUT2D eigenvalue weighted by Gasteiger charge is -2.20. The number of amides is 1. The Balaban J connectivity index is 1.97. The minimum Gasteiger partial charge on any atom is -0.496 e. The third-order valence-electron chi connectivity index (χ3n) is 5.49. The standard InChI is InChI=1S/C27H31FN2O3/c1-16-19(9-7-10-20(16)21-11-8-12-24(29)17(21)2)18-13-23(28)22(25(14-18)32-6)15-30-26(31)33-27(3,4)5/h7-14H,15,29H2,1-6H3,(H,30,31). The zero-order valence-corrected chi connectivity index (χ0v) is 20.0. The van der Waals surface area contributed by atoms with Gasteiger partial charge in [-0.1, -0.05) is 30.3 Å². The Hall–Kier alpha value is -3.54. The summed E-state index contributed by atoms with van der Waals surface area (Å²) in [6.45, 7) is 9.26. The Morgan fingerprint density at radius 3 is 2.24 bits per heavy atom. The Labute approximate surface area is 194 Å². The molecule has 0 saturated carbocycles. The van der Waals surface area contributed by atoms with Gasteiger partial charge in [0, 0.05) is 11.3 Å². The highest BCUT2D eigenvalue weighted by Crippen LogP contribution is 2.37. The lowest BCUT2D eigenvalue weighted by Crippen LogP contribution is -2.32. The number of nitrogens with one attached hydrogen (secondary N) is 1. The van der Waals surface area contributed by atoms with Gasteiger partial charge in [-0.25, -0.2) is 9.18 Å². The number of rotatable bonds is 5. The van der Waals surface area contributed by atoms with E-state index in [0.717, 1.165) is 33.5 Å². The van der Waals surface area contributed by atoms with Crippen molar-refractivity contribution in [1.29, 1.82) is 0 Å². The largest absolute Gasteiger partial charge is 0.496 e. The van der Waals surface area contributed by atoms with Crippen LogP contribution in [0.25, 0.3) is 22.3 Å². The number of carbonyl (C=O) groups is 1. The quantitative estimate of drug-likeness (QED) is 0.442. The molecule has 5 nitrogen and oxygen atoms in total. The zero-order chi connectivity index (χ0) is 24.3. The molecule has 174 valence electrons. The van der Waals surface area contributed by atoms with Crippen LogP contribution in [0.3, 0.4) is 0 Å². The Morgan fingerprint density at radius 1 is 1.00 bits per heavy atom. The lowest BCUT2D eigenvalue weighted by atomic mass is 9.90. The van der Waals surface area contributed by atoms with Gasteiger partial charge < -0.3 is 20.5 Å². The summed E-state index contributed by atoms with van der Waals surface area (Å²) in [5.74, 6) is -0.114. The fourth-order valence-corrected chi connectivity index (χ4v) is 3.78. The Bertz CT molecular complexity index is 1180. The number of hydrogen-bond acceptors (Lipinski definition) is 4. The van der Waals surface area contributed by atoms with Crippen molar-refractivity contribution in [1.82, 2.24) is 5.32 Å². The predicted octanol–water partition coefficient (Wildman–Crippen LogP) is 6.39. The van der Waals surface area contributed by atoms with Crippen LogP contribution in [-0.2, 0) is 11.3 Å². The first-order valence-corrected chi connectivity index (χ1v) is 10.8. The minimum absolute atomic E-state index is 0.0499. The van der Waals surface area contributed by atoms with Crippen LogP contribution < -0.4 is 15.8 Å².